The van der Waals surface area contributed by atoms with Crippen LogP contribution in [0.15, 0.2) is 64.5 Å². The Kier molecular flexibility index (Phi) is 5.52. The van der Waals surface area contributed by atoms with E-state index in [1.54, 1.807) is 17.6 Å². The molecule has 0 aliphatic heterocycles. The summed E-state index contributed by atoms with van der Waals surface area (Å²) in [5, 5.41) is 18.7. The molecule has 3 N–H and O–H groups in total. The van der Waals surface area contributed by atoms with Gasteiger partial charge in [0.2, 0.25) is 0 Å². The second kappa shape index (κ2) is 8.01. The monoisotopic (exact) mass is 380 g/mol. The number of aromatic nitrogens is 1. The van der Waals surface area contributed by atoms with Crippen LogP contribution in [0.5, 0.6) is 5.75 Å². The summed E-state index contributed by atoms with van der Waals surface area (Å²) in [5.74, 6) is -0.0784. The molecule has 0 atom stereocenters. The average Bonchev–Trinajstić information content (AvgIpc) is 2.68. The fourth-order valence-electron chi connectivity index (χ4n) is 2.90. The number of thiocarbonyl (C=S) groups is 1. The number of benzene rings is 2. The highest BCUT2D eigenvalue weighted by molar-refractivity contribution is 7.80. The van der Waals surface area contributed by atoms with Crippen molar-refractivity contribution in [3.05, 3.63) is 70.5 Å². The number of pyridine rings is 1. The summed E-state index contributed by atoms with van der Waals surface area (Å²) in [5.41, 5.74) is 4.45. The first kappa shape index (κ1) is 18.6. The largest absolute Gasteiger partial charge is 0.506 e. The number of hydrazone groups is 1. The van der Waals surface area contributed by atoms with Gasteiger partial charge in [-0.05, 0) is 50.3 Å². The number of aryl methyl sites for hydroxylation is 1. The minimum absolute atomic E-state index is 0.0784. The van der Waals surface area contributed by atoms with E-state index in [0.29, 0.717) is 23.2 Å². The van der Waals surface area contributed by atoms with Gasteiger partial charge in [-0.3, -0.25) is 10.2 Å². The number of nitrogens with zero attached hydrogens (tertiary/aromatic N) is 2. The van der Waals surface area contributed by atoms with Gasteiger partial charge in [0.1, 0.15) is 11.3 Å². The molecular formula is C20H20N4O2S. The number of hydrogen-bond acceptors (Lipinski definition) is 4. The Hall–Kier alpha value is -3.19. The average molecular weight is 380 g/mol. The predicted octanol–water partition coefficient (Wildman–Crippen LogP) is 3.44. The van der Waals surface area contributed by atoms with Gasteiger partial charge in [-0.1, -0.05) is 30.3 Å². The van der Waals surface area contributed by atoms with Crippen molar-refractivity contribution in [2.45, 2.75) is 20.4 Å². The summed E-state index contributed by atoms with van der Waals surface area (Å²) in [6.45, 7) is 4.03. The first-order valence-corrected chi connectivity index (χ1v) is 8.95. The summed E-state index contributed by atoms with van der Waals surface area (Å²) in [4.78, 5) is 12.9. The van der Waals surface area contributed by atoms with Crippen molar-refractivity contribution in [2.75, 3.05) is 5.32 Å². The second-order valence-electron chi connectivity index (χ2n) is 5.92. The van der Waals surface area contributed by atoms with Crippen molar-refractivity contribution in [2.24, 2.45) is 5.10 Å². The minimum atomic E-state index is -0.293. The van der Waals surface area contributed by atoms with Gasteiger partial charge >= 0.3 is 0 Å². The summed E-state index contributed by atoms with van der Waals surface area (Å²) < 4.78 is 1.62. The standard InChI is InChI=1S/C20H20N4O2S/c1-3-24-16-12-8-7-11-15(16)18(25)17(19(24)26)13(2)22-23-20(27)21-14-9-5-4-6-10-14/h4-12,25H,3H2,1-2H3,(H2,21,23,27)/b22-13-. The third kappa shape index (κ3) is 3.83. The molecule has 0 unspecified atom stereocenters. The highest BCUT2D eigenvalue weighted by Gasteiger charge is 2.17. The third-order valence-electron chi connectivity index (χ3n) is 4.18. The zero-order valence-electron chi connectivity index (χ0n) is 15.1. The van der Waals surface area contributed by atoms with Gasteiger partial charge in [-0.25, -0.2) is 0 Å². The lowest BCUT2D eigenvalue weighted by molar-refractivity contribution is 0.477. The summed E-state index contributed by atoms with van der Waals surface area (Å²) in [6.07, 6.45) is 0. The Bertz CT molecular complexity index is 1070. The van der Waals surface area contributed by atoms with Crippen molar-refractivity contribution in [3.63, 3.8) is 0 Å². The van der Waals surface area contributed by atoms with Crippen LogP contribution in [0.1, 0.15) is 19.4 Å². The van der Waals surface area contributed by atoms with Crippen molar-refractivity contribution in [3.8, 4) is 5.75 Å². The Balaban J connectivity index is 1.93. The molecule has 0 radical (unpaired) electrons. The van der Waals surface area contributed by atoms with Crippen molar-refractivity contribution >= 4 is 39.6 Å². The van der Waals surface area contributed by atoms with Gasteiger partial charge in [-0.15, -0.1) is 0 Å². The first-order valence-electron chi connectivity index (χ1n) is 8.54. The molecule has 7 heteroatoms. The van der Waals surface area contributed by atoms with Crippen LogP contribution in [-0.2, 0) is 6.54 Å². The third-order valence-corrected chi connectivity index (χ3v) is 4.37. The van der Waals surface area contributed by atoms with Crippen LogP contribution in [-0.4, -0.2) is 20.5 Å². The molecule has 1 heterocycles. The number of para-hydroxylation sites is 2. The molecule has 3 aromatic rings. The molecule has 0 spiro atoms. The first-order chi connectivity index (χ1) is 13.0. The minimum Gasteiger partial charge on any atom is -0.506 e. The molecule has 3 rings (SSSR count). The highest BCUT2D eigenvalue weighted by Crippen LogP contribution is 2.26. The summed E-state index contributed by atoms with van der Waals surface area (Å²) in [7, 11) is 0. The lowest BCUT2D eigenvalue weighted by Gasteiger charge is -2.14. The molecule has 138 valence electrons. The van der Waals surface area contributed by atoms with Crippen LogP contribution in [0.2, 0.25) is 0 Å². The molecule has 0 bridgehead atoms. The molecule has 1 aromatic heterocycles. The van der Waals surface area contributed by atoms with Crippen molar-refractivity contribution in [1.82, 2.24) is 9.99 Å². The Morgan fingerprint density at radius 2 is 1.81 bits per heavy atom. The van der Waals surface area contributed by atoms with Gasteiger partial charge in [0.15, 0.2) is 5.11 Å². The lowest BCUT2D eigenvalue weighted by atomic mass is 10.1. The second-order valence-corrected chi connectivity index (χ2v) is 6.33. The van der Waals surface area contributed by atoms with Crippen LogP contribution in [0.4, 0.5) is 5.69 Å². The molecule has 0 amide bonds. The molecule has 0 aliphatic rings. The van der Waals surface area contributed by atoms with E-state index < -0.39 is 0 Å². The molecule has 0 aliphatic carbocycles. The van der Waals surface area contributed by atoms with Gasteiger partial charge < -0.3 is 15.0 Å². The van der Waals surface area contributed by atoms with E-state index >= 15 is 0 Å². The molecule has 2 aromatic carbocycles. The topological polar surface area (TPSA) is 78.7 Å². The van der Waals surface area contributed by atoms with Crippen molar-refractivity contribution < 1.29 is 5.11 Å². The van der Waals surface area contributed by atoms with E-state index in [9.17, 15) is 9.90 Å². The quantitative estimate of drug-likeness (QED) is 0.367. The maximum Gasteiger partial charge on any atom is 0.263 e. The zero-order valence-corrected chi connectivity index (χ0v) is 15.9. The lowest BCUT2D eigenvalue weighted by Crippen LogP contribution is -2.29. The normalized spacial score (nSPS) is 11.4. The van der Waals surface area contributed by atoms with Crippen LogP contribution >= 0.6 is 12.2 Å². The zero-order chi connectivity index (χ0) is 19.4. The van der Waals surface area contributed by atoms with Gasteiger partial charge in [-0.2, -0.15) is 5.10 Å². The summed E-state index contributed by atoms with van der Waals surface area (Å²) >= 11 is 5.22. The molecule has 0 saturated carbocycles. The molecule has 0 fully saturated rings. The number of aromatic hydroxyl groups is 1. The van der Waals surface area contributed by atoms with Gasteiger partial charge in [0, 0.05) is 17.6 Å². The fraction of sp³-hybridized carbons (Fsp3) is 0.150. The molecule has 6 nitrogen and oxygen atoms in total. The number of nitrogens with one attached hydrogen (secondary N) is 2. The maximum atomic E-state index is 12.9. The van der Waals surface area contributed by atoms with Gasteiger partial charge in [0.05, 0.1) is 11.2 Å². The SMILES string of the molecule is CCn1c(=O)c(/C(C)=N\NC(=S)Nc2ccccc2)c(O)c2ccccc21. The van der Waals surface area contributed by atoms with Crippen LogP contribution in [0, 0.1) is 0 Å². The Morgan fingerprint density at radius 1 is 1.15 bits per heavy atom. The van der Waals surface area contributed by atoms with E-state index in [1.807, 2.05) is 55.5 Å². The number of hydrogen-bond donors (Lipinski definition) is 3. The molecular weight excluding hydrogens is 360 g/mol. The van der Waals surface area contributed by atoms with E-state index in [2.05, 4.69) is 15.8 Å². The molecule has 27 heavy (non-hydrogen) atoms. The maximum absolute atomic E-state index is 12.9. The van der Waals surface area contributed by atoms with Gasteiger partial charge in [0.25, 0.3) is 5.56 Å². The van der Waals surface area contributed by atoms with Crippen molar-refractivity contribution in [1.29, 1.82) is 0 Å². The number of rotatable bonds is 4. The van der Waals surface area contributed by atoms with E-state index in [4.69, 9.17) is 12.2 Å². The van der Waals surface area contributed by atoms with E-state index in [1.165, 1.54) is 0 Å². The number of fused-ring (bicyclic) bond motifs is 1. The number of anilines is 1. The van der Waals surface area contributed by atoms with E-state index in [0.717, 1.165) is 5.69 Å². The highest BCUT2D eigenvalue weighted by atomic mass is 32.1. The van der Waals surface area contributed by atoms with Crippen LogP contribution < -0.4 is 16.3 Å². The smallest absolute Gasteiger partial charge is 0.263 e. The molecule has 0 saturated heterocycles. The predicted molar refractivity (Wildman–Crippen MR) is 114 cm³/mol. The Labute approximate surface area is 162 Å². The van der Waals surface area contributed by atoms with E-state index in [-0.39, 0.29) is 22.0 Å². The van der Waals surface area contributed by atoms with Crippen LogP contribution in [0.3, 0.4) is 0 Å². The summed E-state index contributed by atoms with van der Waals surface area (Å²) in [6, 6.07) is 16.7. The van der Waals surface area contributed by atoms with Crippen LogP contribution in [0.25, 0.3) is 10.9 Å². The Morgan fingerprint density at radius 3 is 2.52 bits per heavy atom. The fourth-order valence-corrected chi connectivity index (χ4v) is 3.06.